The molecule has 0 amide bonds. The first-order valence-electron chi connectivity index (χ1n) is 5.05. The summed E-state index contributed by atoms with van der Waals surface area (Å²) in [5.74, 6) is 4.64. The van der Waals surface area contributed by atoms with E-state index in [2.05, 4.69) is 18.8 Å². The van der Waals surface area contributed by atoms with E-state index in [1.807, 2.05) is 0 Å². The molecule has 0 radical (unpaired) electrons. The Balaban J connectivity index is 0.00000225. The second kappa shape index (κ2) is 8.41. The summed E-state index contributed by atoms with van der Waals surface area (Å²) in [6.07, 6.45) is 2.94. The molecule has 0 aliphatic heterocycles. The van der Waals surface area contributed by atoms with Crippen molar-refractivity contribution >= 4 is 5.97 Å². The van der Waals surface area contributed by atoms with Crippen LogP contribution < -0.4 is 34.7 Å². The van der Waals surface area contributed by atoms with Gasteiger partial charge in [-0.15, -0.1) is 0 Å². The van der Waals surface area contributed by atoms with Crippen molar-refractivity contribution in [3.8, 4) is 11.8 Å². The van der Waals surface area contributed by atoms with Gasteiger partial charge in [0.1, 0.15) is 0 Å². The number of rotatable bonds is 3. The molecule has 16 heavy (non-hydrogen) atoms. The number of benzene rings is 1. The van der Waals surface area contributed by atoms with Crippen molar-refractivity contribution in [1.29, 1.82) is 0 Å². The molecule has 2 nitrogen and oxygen atoms in total. The largest absolute Gasteiger partial charge is 1.00 e. The van der Waals surface area contributed by atoms with Gasteiger partial charge in [-0.3, -0.25) is 0 Å². The first-order chi connectivity index (χ1) is 7.25. The molecule has 0 aliphatic carbocycles. The SMILES string of the molecule is CCCCC#Cc1ccccc1C(=O)[O-].[Na+]. The van der Waals surface area contributed by atoms with Crippen molar-refractivity contribution in [3.05, 3.63) is 35.4 Å². The number of carbonyl (C=O) groups is 1. The molecule has 0 saturated carbocycles. The number of carboxylic acids is 1. The normalized spacial score (nSPS) is 8.56. The van der Waals surface area contributed by atoms with E-state index in [1.54, 1.807) is 18.2 Å². The standard InChI is InChI=1S/C13H14O2.Na/c1-2-3-4-5-8-11-9-6-7-10-12(11)13(14)15;/h6-7,9-10H,2-4H2,1H3,(H,14,15);/q;+1/p-1. The van der Waals surface area contributed by atoms with Crippen LogP contribution in [0.4, 0.5) is 0 Å². The van der Waals surface area contributed by atoms with Gasteiger partial charge in [-0.05, 0) is 12.5 Å². The third-order valence-electron chi connectivity index (χ3n) is 2.03. The van der Waals surface area contributed by atoms with Gasteiger partial charge >= 0.3 is 29.6 Å². The molecule has 0 saturated heterocycles. The van der Waals surface area contributed by atoms with Gasteiger partial charge in [0.25, 0.3) is 0 Å². The quantitative estimate of drug-likeness (QED) is 0.360. The Morgan fingerprint density at radius 3 is 2.69 bits per heavy atom. The second-order valence-electron chi connectivity index (χ2n) is 3.24. The van der Waals surface area contributed by atoms with E-state index >= 15 is 0 Å². The summed E-state index contributed by atoms with van der Waals surface area (Å²) in [6.45, 7) is 2.09. The van der Waals surface area contributed by atoms with Crippen molar-refractivity contribution in [2.24, 2.45) is 0 Å². The summed E-state index contributed by atoms with van der Waals surface area (Å²) >= 11 is 0. The number of aromatic carboxylic acids is 1. The molecule has 0 aliphatic rings. The van der Waals surface area contributed by atoms with Crippen molar-refractivity contribution in [1.82, 2.24) is 0 Å². The van der Waals surface area contributed by atoms with Crippen molar-refractivity contribution < 1.29 is 39.5 Å². The zero-order chi connectivity index (χ0) is 11.1. The molecule has 0 N–H and O–H groups in total. The zero-order valence-electron chi connectivity index (χ0n) is 9.75. The minimum atomic E-state index is -1.17. The van der Waals surface area contributed by atoms with E-state index in [9.17, 15) is 9.90 Å². The molecule has 3 heteroatoms. The predicted molar refractivity (Wildman–Crippen MR) is 57.2 cm³/mol. The molecule has 0 unspecified atom stereocenters. The summed E-state index contributed by atoms with van der Waals surface area (Å²) < 4.78 is 0. The molecule has 1 aromatic carbocycles. The summed E-state index contributed by atoms with van der Waals surface area (Å²) in [7, 11) is 0. The van der Waals surface area contributed by atoms with Gasteiger partial charge in [0.2, 0.25) is 0 Å². The molecule has 0 fully saturated rings. The van der Waals surface area contributed by atoms with E-state index in [-0.39, 0.29) is 35.1 Å². The summed E-state index contributed by atoms with van der Waals surface area (Å²) in [5, 5.41) is 10.7. The monoisotopic (exact) mass is 224 g/mol. The maximum absolute atomic E-state index is 10.7. The fourth-order valence-corrected chi connectivity index (χ4v) is 1.19. The van der Waals surface area contributed by atoms with E-state index < -0.39 is 5.97 Å². The molecular weight excluding hydrogens is 211 g/mol. The van der Waals surface area contributed by atoms with E-state index in [4.69, 9.17) is 0 Å². The zero-order valence-corrected chi connectivity index (χ0v) is 11.7. The van der Waals surface area contributed by atoms with Crippen molar-refractivity contribution in [3.63, 3.8) is 0 Å². The molecule has 0 atom stereocenters. The summed E-state index contributed by atoms with van der Waals surface area (Å²) in [5.41, 5.74) is 0.704. The number of unbranched alkanes of at least 4 members (excludes halogenated alkanes) is 2. The molecule has 0 heterocycles. The Bertz CT molecular complexity index is 402. The Morgan fingerprint density at radius 2 is 2.06 bits per heavy atom. The average molecular weight is 224 g/mol. The average Bonchev–Trinajstić information content (AvgIpc) is 2.25. The number of carboxylic acid groups (broad SMARTS) is 1. The fourth-order valence-electron chi connectivity index (χ4n) is 1.19. The van der Waals surface area contributed by atoms with Crippen LogP contribution in [0.15, 0.2) is 24.3 Å². The van der Waals surface area contributed by atoms with Crippen LogP contribution in [-0.2, 0) is 0 Å². The Morgan fingerprint density at radius 1 is 1.38 bits per heavy atom. The Kier molecular flexibility index (Phi) is 8.01. The topological polar surface area (TPSA) is 40.1 Å². The smallest absolute Gasteiger partial charge is 0.545 e. The van der Waals surface area contributed by atoms with Gasteiger partial charge in [-0.1, -0.05) is 43.4 Å². The van der Waals surface area contributed by atoms with Gasteiger partial charge in [0.05, 0.1) is 5.97 Å². The molecule has 1 rings (SSSR count). The first kappa shape index (κ1) is 15.2. The molecule has 0 aromatic heterocycles. The maximum Gasteiger partial charge on any atom is 1.00 e. The first-order valence-corrected chi connectivity index (χ1v) is 5.05. The van der Waals surface area contributed by atoms with Gasteiger partial charge < -0.3 is 9.90 Å². The number of hydrogen-bond acceptors (Lipinski definition) is 2. The second-order valence-corrected chi connectivity index (χ2v) is 3.24. The van der Waals surface area contributed by atoms with Crippen LogP contribution in [0, 0.1) is 11.8 Å². The van der Waals surface area contributed by atoms with Crippen molar-refractivity contribution in [2.75, 3.05) is 0 Å². The Labute approximate surface area is 118 Å². The van der Waals surface area contributed by atoms with Crippen LogP contribution in [0.3, 0.4) is 0 Å². The predicted octanol–water partition coefficient (Wildman–Crippen LogP) is -1.40. The molecular formula is C13H13NaO2. The van der Waals surface area contributed by atoms with Gasteiger partial charge in [-0.2, -0.15) is 0 Å². The Hall–Kier alpha value is -0.750. The third kappa shape index (κ3) is 4.85. The van der Waals surface area contributed by atoms with Crippen LogP contribution in [0.5, 0.6) is 0 Å². The summed E-state index contributed by atoms with van der Waals surface area (Å²) in [6, 6.07) is 6.65. The van der Waals surface area contributed by atoms with Crippen molar-refractivity contribution in [2.45, 2.75) is 26.2 Å². The van der Waals surface area contributed by atoms with Gasteiger partial charge in [0.15, 0.2) is 0 Å². The number of hydrogen-bond donors (Lipinski definition) is 0. The van der Waals surface area contributed by atoms with Gasteiger partial charge in [-0.25, -0.2) is 0 Å². The third-order valence-corrected chi connectivity index (χ3v) is 2.03. The van der Waals surface area contributed by atoms with Crippen LogP contribution >= 0.6 is 0 Å². The van der Waals surface area contributed by atoms with E-state index in [1.165, 1.54) is 6.07 Å². The molecule has 78 valence electrons. The number of carbonyl (C=O) groups excluding carboxylic acids is 1. The minimum Gasteiger partial charge on any atom is -0.545 e. The van der Waals surface area contributed by atoms with E-state index in [0.717, 1.165) is 19.3 Å². The van der Waals surface area contributed by atoms with Crippen LogP contribution in [-0.4, -0.2) is 5.97 Å². The fraction of sp³-hybridized carbons (Fsp3) is 0.308. The molecule has 0 bridgehead atoms. The minimum absolute atomic E-state index is 0. The van der Waals surface area contributed by atoms with E-state index in [0.29, 0.717) is 5.56 Å². The molecule has 1 aromatic rings. The summed E-state index contributed by atoms with van der Waals surface area (Å²) in [4.78, 5) is 10.7. The van der Waals surface area contributed by atoms with Crippen LogP contribution in [0.1, 0.15) is 42.1 Å². The van der Waals surface area contributed by atoms with Crippen LogP contribution in [0.25, 0.3) is 0 Å². The maximum atomic E-state index is 10.7. The van der Waals surface area contributed by atoms with Gasteiger partial charge in [0, 0.05) is 17.5 Å². The van der Waals surface area contributed by atoms with Crippen LogP contribution in [0.2, 0.25) is 0 Å². The molecule has 0 spiro atoms.